The molecule has 2 aliphatic carbocycles. The lowest BCUT2D eigenvalue weighted by Crippen LogP contribution is -2.46. The zero-order valence-electron chi connectivity index (χ0n) is 20.0. The minimum absolute atomic E-state index is 0.0592. The molecule has 1 fully saturated rings. The van der Waals surface area contributed by atoms with Gasteiger partial charge >= 0.3 is 0 Å². The molecule has 0 spiro atoms. The maximum atomic E-state index is 12.5. The SMILES string of the molecule is O=C(CON=C1CCCc2cc(OCCn3ccnc3)ccc21)NCC1(c2ccccc2)CCC1. The summed E-state index contributed by atoms with van der Waals surface area (Å²) in [7, 11) is 0. The number of hydrogen-bond acceptors (Lipinski definition) is 5. The van der Waals surface area contributed by atoms with Gasteiger partial charge in [0.25, 0.3) is 5.91 Å². The molecule has 1 heterocycles. The third kappa shape index (κ3) is 5.56. The van der Waals surface area contributed by atoms with Crippen molar-refractivity contribution in [3.63, 3.8) is 0 Å². The first-order chi connectivity index (χ1) is 17.2. The number of benzene rings is 2. The second-order valence-electron chi connectivity index (χ2n) is 9.41. The second kappa shape index (κ2) is 10.8. The number of oxime groups is 1. The molecule has 1 aromatic heterocycles. The maximum absolute atomic E-state index is 12.5. The lowest BCUT2D eigenvalue weighted by Gasteiger charge is -2.42. The molecule has 2 aliphatic rings. The standard InChI is InChI=1S/C28H32N4O3/c33-27(30-20-28(12-5-13-28)23-7-2-1-3-8-23)19-35-31-26-9-4-6-22-18-24(10-11-25(22)26)34-17-16-32-15-14-29-21-32/h1-3,7-8,10-11,14-15,18,21H,4-6,9,12-13,16-17,19-20H2,(H,30,33). The van der Waals surface area contributed by atoms with Crippen molar-refractivity contribution in [2.75, 3.05) is 19.8 Å². The van der Waals surface area contributed by atoms with E-state index in [1.54, 1.807) is 12.5 Å². The summed E-state index contributed by atoms with van der Waals surface area (Å²) in [6.07, 6.45) is 11.7. The fraction of sp³-hybridized carbons (Fsp3) is 0.393. The molecule has 0 bridgehead atoms. The molecule has 0 unspecified atom stereocenters. The van der Waals surface area contributed by atoms with Crippen molar-refractivity contribution in [3.8, 4) is 5.75 Å². The van der Waals surface area contributed by atoms with Crippen molar-refractivity contribution in [2.24, 2.45) is 5.16 Å². The molecule has 35 heavy (non-hydrogen) atoms. The highest BCUT2D eigenvalue weighted by Gasteiger charge is 2.38. The summed E-state index contributed by atoms with van der Waals surface area (Å²) in [5.41, 5.74) is 4.54. The van der Waals surface area contributed by atoms with Gasteiger partial charge in [-0.3, -0.25) is 4.79 Å². The first-order valence-corrected chi connectivity index (χ1v) is 12.4. The predicted octanol–water partition coefficient (Wildman–Crippen LogP) is 4.26. The van der Waals surface area contributed by atoms with Crippen LogP contribution in [0.15, 0.2) is 72.4 Å². The summed E-state index contributed by atoms with van der Waals surface area (Å²) in [6.45, 7) is 1.91. The molecular weight excluding hydrogens is 440 g/mol. The van der Waals surface area contributed by atoms with E-state index in [1.807, 2.05) is 29.0 Å². The van der Waals surface area contributed by atoms with Gasteiger partial charge in [-0.1, -0.05) is 41.9 Å². The number of aryl methyl sites for hydroxylation is 1. The Morgan fingerprint density at radius 1 is 1.11 bits per heavy atom. The van der Waals surface area contributed by atoms with Gasteiger partial charge in [0.05, 0.1) is 18.6 Å². The van der Waals surface area contributed by atoms with E-state index in [9.17, 15) is 4.79 Å². The number of nitrogens with zero attached hydrogens (tertiary/aromatic N) is 3. The van der Waals surface area contributed by atoms with Gasteiger partial charge in [-0.2, -0.15) is 0 Å². The topological polar surface area (TPSA) is 77.7 Å². The largest absolute Gasteiger partial charge is 0.492 e. The smallest absolute Gasteiger partial charge is 0.260 e. The van der Waals surface area contributed by atoms with Gasteiger partial charge in [-0.05, 0) is 61.4 Å². The first-order valence-electron chi connectivity index (χ1n) is 12.4. The Morgan fingerprint density at radius 2 is 2.00 bits per heavy atom. The van der Waals surface area contributed by atoms with Crippen LogP contribution in [0.2, 0.25) is 0 Å². The number of hydrogen-bond donors (Lipinski definition) is 1. The van der Waals surface area contributed by atoms with Crippen LogP contribution < -0.4 is 10.1 Å². The highest BCUT2D eigenvalue weighted by atomic mass is 16.6. The van der Waals surface area contributed by atoms with E-state index in [2.05, 4.69) is 45.8 Å². The van der Waals surface area contributed by atoms with Gasteiger partial charge in [0.2, 0.25) is 0 Å². The molecule has 7 heteroatoms. The number of rotatable bonds is 10. The number of carbonyl (C=O) groups is 1. The van der Waals surface area contributed by atoms with E-state index in [1.165, 1.54) is 17.5 Å². The van der Waals surface area contributed by atoms with Crippen LogP contribution in [-0.4, -0.2) is 40.9 Å². The van der Waals surface area contributed by atoms with Gasteiger partial charge < -0.3 is 19.5 Å². The second-order valence-corrected chi connectivity index (χ2v) is 9.41. The van der Waals surface area contributed by atoms with E-state index in [0.717, 1.165) is 55.7 Å². The van der Waals surface area contributed by atoms with E-state index >= 15 is 0 Å². The van der Waals surface area contributed by atoms with E-state index in [4.69, 9.17) is 9.57 Å². The zero-order valence-corrected chi connectivity index (χ0v) is 20.0. The molecule has 0 aliphatic heterocycles. The van der Waals surface area contributed by atoms with Crippen LogP contribution >= 0.6 is 0 Å². The zero-order chi connectivity index (χ0) is 23.9. The van der Waals surface area contributed by atoms with Crippen molar-refractivity contribution in [3.05, 3.63) is 83.9 Å². The highest BCUT2D eigenvalue weighted by Crippen LogP contribution is 2.43. The summed E-state index contributed by atoms with van der Waals surface area (Å²) in [4.78, 5) is 22.0. The lowest BCUT2D eigenvalue weighted by molar-refractivity contribution is -0.126. The van der Waals surface area contributed by atoms with Gasteiger partial charge in [0.15, 0.2) is 6.61 Å². The van der Waals surface area contributed by atoms with Crippen LogP contribution in [0.5, 0.6) is 5.75 Å². The molecule has 7 nitrogen and oxygen atoms in total. The lowest BCUT2D eigenvalue weighted by atomic mass is 9.64. The Balaban J connectivity index is 1.12. The molecule has 1 N–H and O–H groups in total. The number of aromatic nitrogens is 2. The first kappa shape index (κ1) is 23.1. The molecular formula is C28H32N4O3. The summed E-state index contributed by atoms with van der Waals surface area (Å²) in [5.74, 6) is 0.725. The fourth-order valence-corrected chi connectivity index (χ4v) is 4.96. The number of nitrogens with one attached hydrogen (secondary N) is 1. The van der Waals surface area contributed by atoms with Crippen molar-refractivity contribution in [2.45, 2.75) is 50.5 Å². The van der Waals surface area contributed by atoms with Crippen molar-refractivity contribution >= 4 is 11.6 Å². The number of amides is 1. The molecule has 3 aromatic rings. The van der Waals surface area contributed by atoms with Crippen LogP contribution in [0.1, 0.15) is 48.8 Å². The Hall–Kier alpha value is -3.61. The maximum Gasteiger partial charge on any atom is 0.260 e. The van der Waals surface area contributed by atoms with E-state index in [0.29, 0.717) is 13.2 Å². The summed E-state index contributed by atoms with van der Waals surface area (Å²) in [5, 5.41) is 7.39. The fourth-order valence-electron chi connectivity index (χ4n) is 4.96. The number of ether oxygens (including phenoxy) is 1. The van der Waals surface area contributed by atoms with Crippen molar-refractivity contribution in [1.82, 2.24) is 14.9 Å². The van der Waals surface area contributed by atoms with Crippen LogP contribution in [0.4, 0.5) is 0 Å². The minimum atomic E-state index is -0.130. The molecule has 5 rings (SSSR count). The van der Waals surface area contributed by atoms with Crippen LogP contribution in [0.3, 0.4) is 0 Å². The molecule has 1 amide bonds. The quantitative estimate of drug-likeness (QED) is 0.448. The highest BCUT2D eigenvalue weighted by molar-refractivity contribution is 6.02. The van der Waals surface area contributed by atoms with Crippen molar-refractivity contribution < 1.29 is 14.4 Å². The van der Waals surface area contributed by atoms with Gasteiger partial charge in [-0.25, -0.2) is 4.98 Å². The van der Waals surface area contributed by atoms with Gasteiger partial charge in [-0.15, -0.1) is 0 Å². The van der Waals surface area contributed by atoms with Crippen LogP contribution in [-0.2, 0) is 28.0 Å². The molecule has 0 atom stereocenters. The number of imidazole rings is 1. The van der Waals surface area contributed by atoms with Crippen molar-refractivity contribution in [1.29, 1.82) is 0 Å². The number of fused-ring (bicyclic) bond motifs is 1. The molecule has 2 aromatic carbocycles. The molecule has 0 saturated heterocycles. The monoisotopic (exact) mass is 472 g/mol. The van der Waals surface area contributed by atoms with Crippen LogP contribution in [0.25, 0.3) is 0 Å². The van der Waals surface area contributed by atoms with Gasteiger partial charge in [0, 0.05) is 29.9 Å². The Kier molecular flexibility index (Phi) is 7.12. The summed E-state index contributed by atoms with van der Waals surface area (Å²) >= 11 is 0. The minimum Gasteiger partial charge on any atom is -0.492 e. The molecule has 182 valence electrons. The molecule has 1 saturated carbocycles. The Morgan fingerprint density at radius 3 is 2.77 bits per heavy atom. The predicted molar refractivity (Wildman–Crippen MR) is 135 cm³/mol. The summed E-state index contributed by atoms with van der Waals surface area (Å²) in [6, 6.07) is 16.6. The normalized spacial score (nSPS) is 17.3. The molecule has 0 radical (unpaired) electrons. The number of carbonyl (C=O) groups excluding carboxylic acids is 1. The Bertz CT molecular complexity index is 1150. The average Bonchev–Trinajstić information content (AvgIpc) is 3.38. The Labute approximate surface area is 206 Å². The third-order valence-electron chi connectivity index (χ3n) is 7.12. The summed E-state index contributed by atoms with van der Waals surface area (Å²) < 4.78 is 7.91. The third-order valence-corrected chi connectivity index (χ3v) is 7.12. The van der Waals surface area contributed by atoms with E-state index < -0.39 is 0 Å². The van der Waals surface area contributed by atoms with Gasteiger partial charge in [0.1, 0.15) is 12.4 Å². The van der Waals surface area contributed by atoms with Crippen LogP contribution in [0, 0.1) is 0 Å². The van der Waals surface area contributed by atoms with E-state index in [-0.39, 0.29) is 17.9 Å². The average molecular weight is 473 g/mol.